The van der Waals surface area contributed by atoms with E-state index in [1.165, 1.54) is 18.2 Å². The number of amides is 1. The van der Waals surface area contributed by atoms with Gasteiger partial charge in [0.05, 0.1) is 17.2 Å². The van der Waals surface area contributed by atoms with Crippen LogP contribution in [0.5, 0.6) is 0 Å². The maximum atomic E-state index is 14.0. The predicted molar refractivity (Wildman–Crippen MR) is 86.8 cm³/mol. The zero-order valence-electron chi connectivity index (χ0n) is 14.3. The van der Waals surface area contributed by atoms with Crippen molar-refractivity contribution in [3.05, 3.63) is 35.1 Å². The molecular weight excluding hydrogens is 311 g/mol. The van der Waals surface area contributed by atoms with E-state index in [-0.39, 0.29) is 12.0 Å². The Morgan fingerprint density at radius 1 is 1.42 bits per heavy atom. The zero-order chi connectivity index (χ0) is 18.0. The summed E-state index contributed by atoms with van der Waals surface area (Å²) >= 11 is 0. The van der Waals surface area contributed by atoms with Crippen LogP contribution in [0.1, 0.15) is 44.7 Å². The van der Waals surface area contributed by atoms with Crippen LogP contribution >= 0.6 is 0 Å². The first-order chi connectivity index (χ1) is 11.1. The summed E-state index contributed by atoms with van der Waals surface area (Å²) in [7, 11) is 0. The standard InChI is InChI=1S/C18H23FN2O3/c1-17(2,3)24-16(22)21-8-6-18(23,7-9-21)11-14-5-4-13(12-20)10-15(14)19/h4-5,10,23H,6-9,11H2,1-3H3. The highest BCUT2D eigenvalue weighted by molar-refractivity contribution is 5.68. The van der Waals surface area contributed by atoms with Crippen LogP contribution in [0.4, 0.5) is 9.18 Å². The summed E-state index contributed by atoms with van der Waals surface area (Å²) in [6, 6.07) is 6.13. The number of aliphatic hydroxyl groups is 1. The summed E-state index contributed by atoms with van der Waals surface area (Å²) in [5.74, 6) is -0.489. The Balaban J connectivity index is 1.97. The lowest BCUT2D eigenvalue weighted by Crippen LogP contribution is -2.49. The predicted octanol–water partition coefficient (Wildman–Crippen LogP) is 3.00. The molecule has 1 aromatic carbocycles. The van der Waals surface area contributed by atoms with E-state index < -0.39 is 23.1 Å². The Bertz CT molecular complexity index is 653. The van der Waals surface area contributed by atoms with Crippen LogP contribution in [-0.2, 0) is 11.2 Å². The number of halogens is 1. The molecule has 0 radical (unpaired) electrons. The number of ether oxygens (including phenoxy) is 1. The van der Waals surface area contributed by atoms with Gasteiger partial charge in [0, 0.05) is 19.5 Å². The fourth-order valence-electron chi connectivity index (χ4n) is 2.72. The number of carbonyl (C=O) groups excluding carboxylic acids is 1. The van der Waals surface area contributed by atoms with Crippen LogP contribution in [-0.4, -0.2) is 40.4 Å². The van der Waals surface area contributed by atoms with Crippen molar-refractivity contribution in [2.45, 2.75) is 51.2 Å². The number of nitrogens with zero attached hydrogens (tertiary/aromatic N) is 2. The van der Waals surface area contributed by atoms with Gasteiger partial charge in [-0.15, -0.1) is 0 Å². The van der Waals surface area contributed by atoms with Gasteiger partial charge in [0.2, 0.25) is 0 Å². The van der Waals surface area contributed by atoms with E-state index in [0.717, 1.165) is 0 Å². The Morgan fingerprint density at radius 3 is 2.54 bits per heavy atom. The molecule has 0 bridgehead atoms. The zero-order valence-corrected chi connectivity index (χ0v) is 14.3. The van der Waals surface area contributed by atoms with Crippen LogP contribution in [0.3, 0.4) is 0 Å². The normalized spacial score (nSPS) is 17.2. The molecule has 0 aromatic heterocycles. The molecule has 1 aliphatic rings. The van der Waals surface area contributed by atoms with Crippen molar-refractivity contribution < 1.29 is 19.0 Å². The highest BCUT2D eigenvalue weighted by Gasteiger charge is 2.36. The maximum absolute atomic E-state index is 14.0. The summed E-state index contributed by atoms with van der Waals surface area (Å²) in [5, 5.41) is 19.5. The summed E-state index contributed by atoms with van der Waals surface area (Å²) < 4.78 is 19.3. The van der Waals surface area contributed by atoms with Crippen LogP contribution in [0.15, 0.2) is 18.2 Å². The van der Waals surface area contributed by atoms with Gasteiger partial charge in [-0.05, 0) is 51.3 Å². The van der Waals surface area contributed by atoms with Gasteiger partial charge in [0.25, 0.3) is 0 Å². The van der Waals surface area contributed by atoms with E-state index in [4.69, 9.17) is 10.00 Å². The lowest BCUT2D eigenvalue weighted by atomic mass is 9.85. The highest BCUT2D eigenvalue weighted by atomic mass is 19.1. The maximum Gasteiger partial charge on any atom is 0.410 e. The first-order valence-corrected chi connectivity index (χ1v) is 8.01. The number of likely N-dealkylation sites (tertiary alicyclic amines) is 1. The van der Waals surface area contributed by atoms with Gasteiger partial charge in [-0.25, -0.2) is 9.18 Å². The molecule has 0 saturated carbocycles. The molecule has 2 rings (SSSR count). The van der Waals surface area contributed by atoms with Crippen molar-refractivity contribution in [2.24, 2.45) is 0 Å². The average molecular weight is 334 g/mol. The van der Waals surface area contributed by atoms with Gasteiger partial charge in [-0.2, -0.15) is 5.26 Å². The second-order valence-electron chi connectivity index (χ2n) is 7.29. The molecular formula is C18H23FN2O3. The van der Waals surface area contributed by atoms with Crippen molar-refractivity contribution in [3.8, 4) is 6.07 Å². The van der Waals surface area contributed by atoms with Gasteiger partial charge in [-0.3, -0.25) is 0 Å². The minimum Gasteiger partial charge on any atom is -0.444 e. The third-order valence-electron chi connectivity index (χ3n) is 4.05. The molecule has 0 atom stereocenters. The van der Waals surface area contributed by atoms with Crippen molar-refractivity contribution in [1.29, 1.82) is 5.26 Å². The summed E-state index contributed by atoms with van der Waals surface area (Å²) in [4.78, 5) is 13.6. The molecule has 1 heterocycles. The number of hydrogen-bond acceptors (Lipinski definition) is 4. The number of carbonyl (C=O) groups is 1. The number of rotatable bonds is 2. The second-order valence-corrected chi connectivity index (χ2v) is 7.29. The van der Waals surface area contributed by atoms with Crippen LogP contribution < -0.4 is 0 Å². The number of nitriles is 1. The van der Waals surface area contributed by atoms with E-state index in [2.05, 4.69) is 0 Å². The third-order valence-corrected chi connectivity index (χ3v) is 4.05. The average Bonchev–Trinajstić information content (AvgIpc) is 2.48. The molecule has 6 heteroatoms. The second kappa shape index (κ2) is 6.78. The van der Waals surface area contributed by atoms with E-state index in [0.29, 0.717) is 31.5 Å². The summed E-state index contributed by atoms with van der Waals surface area (Å²) in [6.07, 6.45) is 0.471. The monoisotopic (exact) mass is 334 g/mol. The molecule has 1 aromatic rings. The van der Waals surface area contributed by atoms with Gasteiger partial charge < -0.3 is 14.7 Å². The largest absolute Gasteiger partial charge is 0.444 e. The summed E-state index contributed by atoms with van der Waals surface area (Å²) in [5.41, 5.74) is -0.991. The van der Waals surface area contributed by atoms with E-state index in [1.54, 1.807) is 25.7 Å². The van der Waals surface area contributed by atoms with Gasteiger partial charge in [0.15, 0.2) is 0 Å². The van der Waals surface area contributed by atoms with Crippen LogP contribution in [0, 0.1) is 17.1 Å². The fourth-order valence-corrected chi connectivity index (χ4v) is 2.72. The quantitative estimate of drug-likeness (QED) is 0.902. The Labute approximate surface area is 141 Å². The van der Waals surface area contributed by atoms with Gasteiger partial charge in [-0.1, -0.05) is 6.07 Å². The first-order valence-electron chi connectivity index (χ1n) is 8.01. The van der Waals surface area contributed by atoms with Gasteiger partial charge >= 0.3 is 6.09 Å². The Morgan fingerprint density at radius 2 is 2.04 bits per heavy atom. The fraction of sp³-hybridized carbons (Fsp3) is 0.556. The van der Waals surface area contributed by atoms with Crippen molar-refractivity contribution in [3.63, 3.8) is 0 Å². The molecule has 0 unspecified atom stereocenters. The van der Waals surface area contributed by atoms with Gasteiger partial charge in [0.1, 0.15) is 11.4 Å². The third kappa shape index (κ3) is 4.68. The molecule has 5 nitrogen and oxygen atoms in total. The summed E-state index contributed by atoms with van der Waals surface area (Å²) in [6.45, 7) is 6.14. The smallest absolute Gasteiger partial charge is 0.410 e. The first kappa shape index (κ1) is 18.2. The SMILES string of the molecule is CC(C)(C)OC(=O)N1CCC(O)(Cc2ccc(C#N)cc2F)CC1. The molecule has 0 aliphatic carbocycles. The van der Waals surface area contributed by atoms with Crippen LogP contribution in [0.25, 0.3) is 0 Å². The molecule has 130 valence electrons. The lowest BCUT2D eigenvalue weighted by molar-refractivity contribution is -0.0319. The number of benzene rings is 1. The molecule has 1 fully saturated rings. The van der Waals surface area contributed by atoms with Crippen molar-refractivity contribution in [1.82, 2.24) is 4.90 Å². The molecule has 24 heavy (non-hydrogen) atoms. The molecule has 0 spiro atoms. The number of piperidine rings is 1. The van der Waals surface area contributed by atoms with E-state index in [9.17, 15) is 14.3 Å². The minimum absolute atomic E-state index is 0.159. The molecule has 1 saturated heterocycles. The van der Waals surface area contributed by atoms with Crippen molar-refractivity contribution in [2.75, 3.05) is 13.1 Å². The topological polar surface area (TPSA) is 73.6 Å². The van der Waals surface area contributed by atoms with Crippen molar-refractivity contribution >= 4 is 6.09 Å². The highest BCUT2D eigenvalue weighted by Crippen LogP contribution is 2.28. The number of hydrogen-bond donors (Lipinski definition) is 1. The Hall–Kier alpha value is -2.13. The lowest BCUT2D eigenvalue weighted by Gasteiger charge is -2.38. The molecule has 1 N–H and O–H groups in total. The van der Waals surface area contributed by atoms with Crippen LogP contribution in [0.2, 0.25) is 0 Å². The Kier molecular flexibility index (Phi) is 5.14. The minimum atomic E-state index is -1.06. The van der Waals surface area contributed by atoms with E-state index in [1.807, 2.05) is 6.07 Å². The van der Waals surface area contributed by atoms with E-state index >= 15 is 0 Å². The molecule has 1 amide bonds. The molecule has 1 aliphatic heterocycles.